The van der Waals surface area contributed by atoms with E-state index in [9.17, 15) is 14.0 Å². The van der Waals surface area contributed by atoms with Crippen molar-refractivity contribution in [2.24, 2.45) is 5.92 Å². The van der Waals surface area contributed by atoms with Crippen molar-refractivity contribution >= 4 is 17.5 Å². The summed E-state index contributed by atoms with van der Waals surface area (Å²) in [5.41, 5.74) is 2.41. The van der Waals surface area contributed by atoms with E-state index in [1.165, 1.54) is 12.1 Å². The van der Waals surface area contributed by atoms with Crippen molar-refractivity contribution in [3.63, 3.8) is 0 Å². The highest BCUT2D eigenvalue weighted by atomic mass is 19.1. The lowest BCUT2D eigenvalue weighted by atomic mass is 9.94. The van der Waals surface area contributed by atoms with Crippen molar-refractivity contribution < 1.29 is 14.0 Å². The van der Waals surface area contributed by atoms with Crippen molar-refractivity contribution in [3.8, 4) is 0 Å². The molecule has 3 rings (SSSR count). The lowest BCUT2D eigenvalue weighted by Crippen LogP contribution is -2.42. The standard InChI is InChI=1S/C25H33FN4O2/c1-5-18(6-2)25(32)30-13-9-10-19(15-30)24-27-16(3)20(17(4)28-24)14-23(31)29-22-12-8-7-11-21(22)26/h7-8,11-12,18-19H,5-6,9-10,13-15H2,1-4H3,(H,29,31)/t19-/m1/s1. The summed E-state index contributed by atoms with van der Waals surface area (Å²) in [6.07, 6.45) is 3.67. The zero-order valence-corrected chi connectivity index (χ0v) is 19.4. The molecule has 1 saturated heterocycles. The topological polar surface area (TPSA) is 75.2 Å². The molecule has 172 valence electrons. The Morgan fingerprint density at radius 2 is 1.81 bits per heavy atom. The summed E-state index contributed by atoms with van der Waals surface area (Å²) in [4.78, 5) is 36.7. The number of hydrogen-bond acceptors (Lipinski definition) is 4. The van der Waals surface area contributed by atoms with Crippen LogP contribution in [0.1, 0.15) is 68.2 Å². The number of anilines is 1. The molecule has 6 nitrogen and oxygen atoms in total. The molecular weight excluding hydrogens is 407 g/mol. The Balaban J connectivity index is 1.71. The Hall–Kier alpha value is -2.83. The molecule has 0 spiro atoms. The van der Waals surface area contributed by atoms with Gasteiger partial charge in [-0.2, -0.15) is 0 Å². The van der Waals surface area contributed by atoms with E-state index in [-0.39, 0.29) is 35.8 Å². The number of aromatic nitrogens is 2. The van der Waals surface area contributed by atoms with Crippen molar-refractivity contribution in [1.82, 2.24) is 14.9 Å². The largest absolute Gasteiger partial charge is 0.342 e. The summed E-state index contributed by atoms with van der Waals surface area (Å²) in [6, 6.07) is 6.10. The Morgan fingerprint density at radius 1 is 1.16 bits per heavy atom. The van der Waals surface area contributed by atoms with Crippen LogP contribution < -0.4 is 5.32 Å². The summed E-state index contributed by atoms with van der Waals surface area (Å²) in [5.74, 6) is 0.368. The minimum atomic E-state index is -0.467. The van der Waals surface area contributed by atoms with E-state index >= 15 is 0 Å². The van der Waals surface area contributed by atoms with Crippen LogP contribution in [0.2, 0.25) is 0 Å². The van der Waals surface area contributed by atoms with Crippen LogP contribution in [0.5, 0.6) is 0 Å². The van der Waals surface area contributed by atoms with E-state index in [0.29, 0.717) is 6.54 Å². The molecule has 1 aromatic carbocycles. The van der Waals surface area contributed by atoms with Gasteiger partial charge in [-0.05, 0) is 51.7 Å². The first-order valence-corrected chi connectivity index (χ1v) is 11.5. The van der Waals surface area contributed by atoms with Crippen molar-refractivity contribution in [2.75, 3.05) is 18.4 Å². The number of nitrogens with zero attached hydrogens (tertiary/aromatic N) is 3. The summed E-state index contributed by atoms with van der Waals surface area (Å²) in [5, 5.41) is 2.62. The number of likely N-dealkylation sites (tertiary alicyclic amines) is 1. The summed E-state index contributed by atoms with van der Waals surface area (Å²) < 4.78 is 13.8. The highest BCUT2D eigenvalue weighted by Gasteiger charge is 2.30. The van der Waals surface area contributed by atoms with Gasteiger partial charge in [0, 0.05) is 41.9 Å². The maximum atomic E-state index is 13.8. The summed E-state index contributed by atoms with van der Waals surface area (Å²) in [6.45, 7) is 9.30. The van der Waals surface area contributed by atoms with E-state index in [2.05, 4.69) is 19.2 Å². The first-order valence-electron chi connectivity index (χ1n) is 11.5. The van der Waals surface area contributed by atoms with E-state index < -0.39 is 5.82 Å². The lowest BCUT2D eigenvalue weighted by Gasteiger charge is -2.34. The van der Waals surface area contributed by atoms with Gasteiger partial charge in [-0.15, -0.1) is 0 Å². The van der Waals surface area contributed by atoms with Crippen molar-refractivity contribution in [2.45, 2.75) is 65.7 Å². The number of hydrogen-bond donors (Lipinski definition) is 1. The molecule has 0 unspecified atom stereocenters. The number of rotatable bonds is 7. The molecule has 2 heterocycles. The predicted octanol–water partition coefficient (Wildman–Crippen LogP) is 4.56. The lowest BCUT2D eigenvalue weighted by molar-refractivity contribution is -0.137. The molecule has 0 bridgehead atoms. The minimum Gasteiger partial charge on any atom is -0.342 e. The Morgan fingerprint density at radius 3 is 2.44 bits per heavy atom. The van der Waals surface area contributed by atoms with Crippen LogP contribution in [-0.2, 0) is 16.0 Å². The number of aryl methyl sites for hydroxylation is 2. The van der Waals surface area contributed by atoms with Crippen molar-refractivity contribution in [1.29, 1.82) is 0 Å². The zero-order valence-electron chi connectivity index (χ0n) is 19.4. The van der Waals surface area contributed by atoms with Crippen LogP contribution in [0.4, 0.5) is 10.1 Å². The molecule has 0 radical (unpaired) electrons. The van der Waals surface area contributed by atoms with Gasteiger partial charge in [0.1, 0.15) is 11.6 Å². The van der Waals surface area contributed by atoms with Crippen LogP contribution >= 0.6 is 0 Å². The molecule has 2 amide bonds. The van der Waals surface area contributed by atoms with Crippen LogP contribution in [0.3, 0.4) is 0 Å². The monoisotopic (exact) mass is 440 g/mol. The third kappa shape index (κ3) is 5.50. The maximum Gasteiger partial charge on any atom is 0.229 e. The summed E-state index contributed by atoms with van der Waals surface area (Å²) >= 11 is 0. The maximum absolute atomic E-state index is 13.8. The highest BCUT2D eigenvalue weighted by Crippen LogP contribution is 2.28. The third-order valence-corrected chi connectivity index (χ3v) is 6.36. The van der Waals surface area contributed by atoms with Gasteiger partial charge < -0.3 is 10.2 Å². The number of halogens is 1. The van der Waals surface area contributed by atoms with Crippen LogP contribution in [0.15, 0.2) is 24.3 Å². The van der Waals surface area contributed by atoms with Crippen LogP contribution in [0.25, 0.3) is 0 Å². The van der Waals surface area contributed by atoms with Gasteiger partial charge in [0.05, 0.1) is 12.1 Å². The molecule has 1 aromatic heterocycles. The Bertz CT molecular complexity index is 951. The molecule has 1 N–H and O–H groups in total. The smallest absolute Gasteiger partial charge is 0.229 e. The van der Waals surface area contributed by atoms with Gasteiger partial charge in [0.25, 0.3) is 0 Å². The Kier molecular flexibility index (Phi) is 7.94. The third-order valence-electron chi connectivity index (χ3n) is 6.36. The van der Waals surface area contributed by atoms with Crippen LogP contribution in [0, 0.1) is 25.6 Å². The first kappa shape index (κ1) is 23.8. The van der Waals surface area contributed by atoms with E-state index in [0.717, 1.165) is 55.0 Å². The number of nitrogens with one attached hydrogen (secondary N) is 1. The summed E-state index contributed by atoms with van der Waals surface area (Å²) in [7, 11) is 0. The minimum absolute atomic E-state index is 0.0773. The fraction of sp³-hybridized carbons (Fsp3) is 0.520. The van der Waals surface area contributed by atoms with Gasteiger partial charge >= 0.3 is 0 Å². The molecule has 1 atom stereocenters. The molecule has 0 aliphatic carbocycles. The number of para-hydroxylation sites is 1. The number of carbonyl (C=O) groups is 2. The van der Waals surface area contributed by atoms with Gasteiger partial charge in [-0.3, -0.25) is 9.59 Å². The normalized spacial score (nSPS) is 16.3. The second-order valence-electron chi connectivity index (χ2n) is 8.57. The Labute approximate surface area is 189 Å². The molecule has 32 heavy (non-hydrogen) atoms. The molecule has 1 aliphatic rings. The zero-order chi connectivity index (χ0) is 23.3. The van der Waals surface area contributed by atoms with Crippen molar-refractivity contribution in [3.05, 3.63) is 52.9 Å². The van der Waals surface area contributed by atoms with E-state index in [1.54, 1.807) is 12.1 Å². The van der Waals surface area contributed by atoms with E-state index in [4.69, 9.17) is 9.97 Å². The average Bonchev–Trinajstić information content (AvgIpc) is 2.78. The number of carbonyl (C=O) groups excluding carboxylic acids is 2. The fourth-order valence-electron chi connectivity index (χ4n) is 4.41. The van der Waals surface area contributed by atoms with Gasteiger partial charge in [0.15, 0.2) is 0 Å². The quantitative estimate of drug-likeness (QED) is 0.685. The van der Waals surface area contributed by atoms with E-state index in [1.807, 2.05) is 18.7 Å². The highest BCUT2D eigenvalue weighted by molar-refractivity contribution is 5.92. The molecule has 1 fully saturated rings. The number of amides is 2. The molecular formula is C25H33FN4O2. The SMILES string of the molecule is CCC(CC)C(=O)N1CCC[C@@H](c2nc(C)c(CC(=O)Nc3ccccc3F)c(C)n2)C1. The molecule has 2 aromatic rings. The molecule has 7 heteroatoms. The predicted molar refractivity (Wildman–Crippen MR) is 123 cm³/mol. The molecule has 0 saturated carbocycles. The molecule has 1 aliphatic heterocycles. The van der Waals surface area contributed by atoms with Crippen LogP contribution in [-0.4, -0.2) is 39.8 Å². The number of piperidine rings is 1. The number of benzene rings is 1. The second-order valence-corrected chi connectivity index (χ2v) is 8.57. The first-order chi connectivity index (χ1) is 15.3. The fourth-order valence-corrected chi connectivity index (χ4v) is 4.41. The van der Waals surface area contributed by atoms with Gasteiger partial charge in [0.2, 0.25) is 11.8 Å². The average molecular weight is 441 g/mol. The van der Waals surface area contributed by atoms with Gasteiger partial charge in [-0.25, -0.2) is 14.4 Å². The second kappa shape index (κ2) is 10.7. The van der Waals surface area contributed by atoms with Gasteiger partial charge in [-0.1, -0.05) is 26.0 Å².